The molecule has 140 valence electrons. The molecule has 0 unspecified atom stereocenters. The maximum Gasteiger partial charge on any atom is 0.269 e. The molecule has 1 saturated carbocycles. The summed E-state index contributed by atoms with van der Waals surface area (Å²) in [5.74, 6) is 0.162. The molecule has 25 heavy (non-hydrogen) atoms. The van der Waals surface area contributed by atoms with Crippen LogP contribution in [0.5, 0.6) is 0 Å². The van der Waals surface area contributed by atoms with E-state index in [1.807, 2.05) is 20.8 Å². The molecular formula is C17H23Cl2NO4S. The van der Waals surface area contributed by atoms with Crippen LogP contribution in [0.1, 0.15) is 40.0 Å². The van der Waals surface area contributed by atoms with E-state index in [1.54, 1.807) is 0 Å². The highest BCUT2D eigenvalue weighted by Crippen LogP contribution is 2.53. The monoisotopic (exact) mass is 407 g/mol. The van der Waals surface area contributed by atoms with Gasteiger partial charge >= 0.3 is 0 Å². The van der Waals surface area contributed by atoms with Crippen LogP contribution in [0.25, 0.3) is 0 Å². The summed E-state index contributed by atoms with van der Waals surface area (Å²) in [4.78, 5) is 10.5. The van der Waals surface area contributed by atoms with Crippen LogP contribution in [0.15, 0.2) is 29.2 Å². The van der Waals surface area contributed by atoms with Crippen molar-refractivity contribution in [2.24, 2.45) is 17.8 Å². The van der Waals surface area contributed by atoms with E-state index in [2.05, 4.69) is 0 Å². The number of aliphatic hydroxyl groups is 1. The number of nitro benzene ring substituents is 1. The third kappa shape index (κ3) is 3.87. The third-order valence-electron chi connectivity index (χ3n) is 5.05. The molecule has 0 heterocycles. The van der Waals surface area contributed by atoms with E-state index in [9.17, 15) is 19.4 Å². The van der Waals surface area contributed by atoms with Gasteiger partial charge in [0.15, 0.2) is 0 Å². The highest BCUT2D eigenvalue weighted by molar-refractivity contribution is 7.89. The van der Waals surface area contributed by atoms with Crippen LogP contribution < -0.4 is 0 Å². The van der Waals surface area contributed by atoms with Crippen molar-refractivity contribution in [1.29, 1.82) is 0 Å². The number of hydrogen-bond acceptors (Lipinski definition) is 4. The first-order chi connectivity index (χ1) is 11.5. The van der Waals surface area contributed by atoms with Crippen molar-refractivity contribution in [1.82, 2.24) is 0 Å². The van der Waals surface area contributed by atoms with Gasteiger partial charge in [-0.05, 0) is 42.7 Å². The van der Waals surface area contributed by atoms with Gasteiger partial charge in [-0.2, -0.15) is 0 Å². The van der Waals surface area contributed by atoms with Crippen LogP contribution in [-0.4, -0.2) is 23.5 Å². The minimum Gasteiger partial charge on any atom is -0.385 e. The van der Waals surface area contributed by atoms with Gasteiger partial charge in [0.2, 0.25) is 3.67 Å². The van der Waals surface area contributed by atoms with E-state index in [1.165, 1.54) is 24.3 Å². The fourth-order valence-electron chi connectivity index (χ4n) is 3.71. The first kappa shape index (κ1) is 20.6. The quantitative estimate of drug-likeness (QED) is 0.437. The summed E-state index contributed by atoms with van der Waals surface area (Å²) in [6, 6.07) is 5.25. The number of hydrogen-bond donors (Lipinski definition) is 1. The Morgan fingerprint density at radius 3 is 2.36 bits per heavy atom. The number of nitrogens with zero attached hydrogens (tertiary/aromatic N) is 1. The summed E-state index contributed by atoms with van der Waals surface area (Å²) in [5, 5.41) is 22.2. The van der Waals surface area contributed by atoms with Crippen LogP contribution in [0.2, 0.25) is 0 Å². The van der Waals surface area contributed by atoms with E-state index in [0.717, 1.165) is 12.8 Å². The molecule has 1 aromatic rings. The van der Waals surface area contributed by atoms with Gasteiger partial charge in [-0.1, -0.05) is 50.4 Å². The topological polar surface area (TPSA) is 80.4 Å². The van der Waals surface area contributed by atoms with Gasteiger partial charge in [0.25, 0.3) is 5.69 Å². The number of benzene rings is 1. The lowest BCUT2D eigenvalue weighted by Crippen LogP contribution is -2.58. The van der Waals surface area contributed by atoms with Gasteiger partial charge in [0, 0.05) is 17.0 Å². The summed E-state index contributed by atoms with van der Waals surface area (Å²) < 4.78 is 11.1. The lowest BCUT2D eigenvalue weighted by Gasteiger charge is -2.49. The Hall–Kier alpha value is -0.690. The number of alkyl halides is 2. The molecule has 0 bridgehead atoms. The van der Waals surface area contributed by atoms with Crippen LogP contribution in [0.4, 0.5) is 5.69 Å². The average molecular weight is 408 g/mol. The highest BCUT2D eigenvalue weighted by Gasteiger charge is 2.59. The molecule has 2 rings (SSSR count). The Bertz CT molecular complexity index is 665. The van der Waals surface area contributed by atoms with Gasteiger partial charge in [-0.25, -0.2) is 0 Å². The largest absolute Gasteiger partial charge is 0.385 e. The molecule has 1 aromatic carbocycles. The Balaban J connectivity index is 2.39. The number of nitro groups is 1. The molecule has 4 atom stereocenters. The third-order valence-corrected chi connectivity index (χ3v) is 8.06. The first-order valence-electron chi connectivity index (χ1n) is 8.27. The van der Waals surface area contributed by atoms with Crippen LogP contribution in [0.3, 0.4) is 0 Å². The Morgan fingerprint density at radius 2 is 1.88 bits per heavy atom. The van der Waals surface area contributed by atoms with Crippen LogP contribution in [0, 0.1) is 27.9 Å². The minimum absolute atomic E-state index is 0.111. The second-order valence-electron chi connectivity index (χ2n) is 7.20. The summed E-state index contributed by atoms with van der Waals surface area (Å²) in [7, 11) is -1.95. The zero-order chi connectivity index (χ0) is 19.0. The lowest BCUT2D eigenvalue weighted by atomic mass is 9.67. The minimum atomic E-state index is -1.95. The van der Waals surface area contributed by atoms with Crippen molar-refractivity contribution >= 4 is 39.7 Å². The van der Waals surface area contributed by atoms with Gasteiger partial charge in [0.1, 0.15) is 5.60 Å². The van der Waals surface area contributed by atoms with E-state index in [0.29, 0.717) is 6.42 Å². The molecule has 0 aliphatic heterocycles. The molecule has 1 aliphatic rings. The standard InChI is InChI=1S/C17H23Cl2NO4S/c1-11(2)15-9-4-12(3)10-16(15,21)17(18,19)25(24)14-7-5-13(6-8-14)20(22)23/h5-8,11-12,15,21H,4,9-10H2,1-3H3/t12-,15+,16+,25-/m1/s1. The molecule has 1 aliphatic carbocycles. The normalized spacial score (nSPS) is 28.8. The molecule has 0 spiro atoms. The fourth-order valence-corrected chi connectivity index (χ4v) is 5.91. The second kappa shape index (κ2) is 7.51. The summed E-state index contributed by atoms with van der Waals surface area (Å²) >= 11 is 13.1. The molecule has 0 aromatic heterocycles. The maximum atomic E-state index is 13.0. The smallest absolute Gasteiger partial charge is 0.269 e. The zero-order valence-corrected chi connectivity index (χ0v) is 16.8. The highest BCUT2D eigenvalue weighted by atomic mass is 35.5. The molecule has 1 fully saturated rings. The molecule has 8 heteroatoms. The van der Waals surface area contributed by atoms with E-state index < -0.39 is 25.0 Å². The van der Waals surface area contributed by atoms with Crippen molar-refractivity contribution in [3.63, 3.8) is 0 Å². The Morgan fingerprint density at radius 1 is 1.32 bits per heavy atom. The first-order valence-corrected chi connectivity index (χ1v) is 10.2. The lowest BCUT2D eigenvalue weighted by molar-refractivity contribution is -0.384. The zero-order valence-electron chi connectivity index (χ0n) is 14.4. The maximum absolute atomic E-state index is 13.0. The number of halogens is 2. The van der Waals surface area contributed by atoms with Crippen molar-refractivity contribution in [2.75, 3.05) is 0 Å². The molecule has 0 amide bonds. The van der Waals surface area contributed by atoms with Crippen LogP contribution >= 0.6 is 23.2 Å². The summed E-state index contributed by atoms with van der Waals surface area (Å²) in [6.45, 7) is 5.99. The molecule has 1 N–H and O–H groups in total. The van der Waals surface area contributed by atoms with Gasteiger partial charge in [-0.3, -0.25) is 14.3 Å². The summed E-state index contributed by atoms with van der Waals surface area (Å²) in [6.07, 6.45) is 2.08. The van der Waals surface area contributed by atoms with Crippen molar-refractivity contribution in [3.8, 4) is 0 Å². The molecule has 0 radical (unpaired) electrons. The van der Waals surface area contributed by atoms with Crippen molar-refractivity contribution in [3.05, 3.63) is 34.4 Å². The van der Waals surface area contributed by atoms with E-state index in [-0.39, 0.29) is 28.3 Å². The predicted octanol–water partition coefficient (Wildman–Crippen LogP) is 4.66. The van der Waals surface area contributed by atoms with Gasteiger partial charge < -0.3 is 5.11 Å². The molecule has 0 saturated heterocycles. The second-order valence-corrected chi connectivity index (χ2v) is 10.6. The SMILES string of the molecule is CC(C)[C@@H]1CC[C@@H](C)C[C@@]1(O)C(Cl)(Cl)[S@](=O)c1ccc([N+](=O)[O-])cc1. The number of rotatable bonds is 5. The fraction of sp³-hybridized carbons (Fsp3) is 0.647. The van der Waals surface area contributed by atoms with Crippen molar-refractivity contribution < 1.29 is 14.2 Å². The Labute approximate surface area is 160 Å². The predicted molar refractivity (Wildman–Crippen MR) is 100 cm³/mol. The molecular weight excluding hydrogens is 385 g/mol. The number of non-ortho nitro benzene ring substituents is 1. The van der Waals surface area contributed by atoms with Gasteiger partial charge in [0.05, 0.1) is 15.7 Å². The Kier molecular flexibility index (Phi) is 6.19. The van der Waals surface area contributed by atoms with Gasteiger partial charge in [-0.15, -0.1) is 0 Å². The molecule has 5 nitrogen and oxygen atoms in total. The van der Waals surface area contributed by atoms with Crippen molar-refractivity contribution in [2.45, 2.75) is 54.2 Å². The van der Waals surface area contributed by atoms with E-state index in [4.69, 9.17) is 23.2 Å². The average Bonchev–Trinajstić information content (AvgIpc) is 2.53. The van der Waals surface area contributed by atoms with Crippen LogP contribution in [-0.2, 0) is 10.8 Å². The summed E-state index contributed by atoms with van der Waals surface area (Å²) in [5.41, 5.74) is -1.62. The van der Waals surface area contributed by atoms with E-state index >= 15 is 0 Å².